The van der Waals surface area contributed by atoms with Crippen molar-refractivity contribution < 1.29 is 23.6 Å². The number of nitrogens with one attached hydrogen (secondary N) is 2. The van der Waals surface area contributed by atoms with E-state index in [1.807, 2.05) is 42.5 Å². The van der Waals surface area contributed by atoms with Gasteiger partial charge < -0.3 is 15.1 Å². The summed E-state index contributed by atoms with van der Waals surface area (Å²) in [6.45, 7) is 5.28. The largest absolute Gasteiger partial charge is 0.342 e. The third kappa shape index (κ3) is 5.95. The van der Waals surface area contributed by atoms with E-state index in [2.05, 4.69) is 29.5 Å². The van der Waals surface area contributed by atoms with Gasteiger partial charge in [0.1, 0.15) is 18.8 Å². The number of urea groups is 1. The fraction of sp³-hybridized carbons (Fsp3) is 0.444. The summed E-state index contributed by atoms with van der Waals surface area (Å²) in [5.74, 6) is -1.62. The van der Waals surface area contributed by atoms with Gasteiger partial charge in [-0.05, 0) is 23.1 Å². The molecule has 2 aliphatic rings. The first-order valence-corrected chi connectivity index (χ1v) is 12.5. The lowest BCUT2D eigenvalue weighted by Gasteiger charge is -2.32. The Kier molecular flexibility index (Phi) is 7.85. The van der Waals surface area contributed by atoms with Crippen molar-refractivity contribution in [1.29, 1.82) is 0 Å². The number of alkyl halides is 1. The van der Waals surface area contributed by atoms with Crippen LogP contribution in [0, 0.1) is 5.92 Å². The van der Waals surface area contributed by atoms with Gasteiger partial charge in [-0.15, -0.1) is 0 Å². The Balaban J connectivity index is 1.52. The summed E-state index contributed by atoms with van der Waals surface area (Å²) in [6, 6.07) is 10.9. The molecule has 2 aliphatic heterocycles. The number of imide groups is 1. The summed E-state index contributed by atoms with van der Waals surface area (Å²) in [6.07, 6.45) is 0.273. The van der Waals surface area contributed by atoms with Crippen LogP contribution in [-0.2, 0) is 14.4 Å². The summed E-state index contributed by atoms with van der Waals surface area (Å²) in [5, 5.41) is 5.18. The zero-order valence-electron chi connectivity index (χ0n) is 21.2. The Morgan fingerprint density at radius 2 is 1.84 bits per heavy atom. The number of carbonyl (C=O) groups excluding carboxylic acids is 4. The lowest BCUT2D eigenvalue weighted by atomic mass is 10.00. The number of amides is 5. The van der Waals surface area contributed by atoms with E-state index in [4.69, 9.17) is 0 Å². The highest BCUT2D eigenvalue weighted by molar-refractivity contribution is 5.99. The average Bonchev–Trinajstić information content (AvgIpc) is 3.28. The first-order valence-electron chi connectivity index (χ1n) is 12.5. The Hall–Kier alpha value is -3.82. The predicted molar refractivity (Wildman–Crippen MR) is 134 cm³/mol. The van der Waals surface area contributed by atoms with E-state index in [1.54, 1.807) is 13.1 Å². The number of benzene rings is 1. The molecule has 1 unspecified atom stereocenters. The second kappa shape index (κ2) is 11.1. The fourth-order valence-electron chi connectivity index (χ4n) is 4.64. The molecule has 3 heterocycles. The van der Waals surface area contributed by atoms with Crippen molar-refractivity contribution in [3.05, 3.63) is 65.5 Å². The minimum atomic E-state index is -1.37. The van der Waals surface area contributed by atoms with Gasteiger partial charge in [0.25, 0.3) is 0 Å². The monoisotopic (exact) mass is 509 g/mol. The molecule has 37 heavy (non-hydrogen) atoms. The molecule has 0 aliphatic carbocycles. The number of aromatic nitrogens is 1. The Morgan fingerprint density at radius 3 is 2.49 bits per heavy atom. The van der Waals surface area contributed by atoms with Gasteiger partial charge in [0, 0.05) is 19.2 Å². The number of hydrogen-bond donors (Lipinski definition) is 2. The molecule has 196 valence electrons. The molecule has 2 N–H and O–H groups in total. The standard InChI is InChI=1S/C27H32FN5O4/c1-16(2)19-9-10-21(29-12-19)24(18-7-5-4-6-8-18)30-26(36)22-11-20(28)14-33(22)23(34)15-32-13-17(3)25(35)31-27(32)37/h4-10,12,16-17,20,22,24H,11,13-15H2,1-3H3,(H,30,36)(H,31,35,37)/t17?,20-,22+,24+/m1/s1. The maximum Gasteiger partial charge on any atom is 0.324 e. The molecule has 1 aromatic carbocycles. The molecule has 0 spiro atoms. The van der Waals surface area contributed by atoms with Crippen LogP contribution >= 0.6 is 0 Å². The number of halogens is 1. The van der Waals surface area contributed by atoms with Gasteiger partial charge in [-0.25, -0.2) is 9.18 Å². The molecule has 5 amide bonds. The maximum absolute atomic E-state index is 14.5. The molecule has 2 aromatic rings. The van der Waals surface area contributed by atoms with Gasteiger partial charge in [0.05, 0.1) is 24.2 Å². The summed E-state index contributed by atoms with van der Waals surface area (Å²) in [7, 11) is 0. The third-order valence-electron chi connectivity index (χ3n) is 6.85. The molecule has 10 heteroatoms. The topological polar surface area (TPSA) is 112 Å². The molecule has 2 saturated heterocycles. The van der Waals surface area contributed by atoms with Crippen LogP contribution in [-0.4, -0.2) is 70.4 Å². The molecule has 0 saturated carbocycles. The van der Waals surface area contributed by atoms with Crippen LogP contribution in [0.2, 0.25) is 0 Å². The molecular formula is C27H32FN5O4. The van der Waals surface area contributed by atoms with Crippen molar-refractivity contribution in [1.82, 2.24) is 25.4 Å². The van der Waals surface area contributed by atoms with Crippen molar-refractivity contribution in [3.8, 4) is 0 Å². The Bertz CT molecular complexity index is 1160. The molecule has 1 aromatic heterocycles. The molecule has 0 bridgehead atoms. The Morgan fingerprint density at radius 1 is 1.11 bits per heavy atom. The van der Waals surface area contributed by atoms with Crippen LogP contribution < -0.4 is 10.6 Å². The zero-order chi connectivity index (χ0) is 26.7. The van der Waals surface area contributed by atoms with Gasteiger partial charge in [-0.1, -0.05) is 57.2 Å². The number of hydrogen-bond acceptors (Lipinski definition) is 5. The molecule has 4 atom stereocenters. The molecule has 2 fully saturated rings. The van der Waals surface area contributed by atoms with Crippen molar-refractivity contribution >= 4 is 23.8 Å². The molecule has 4 rings (SSSR count). The van der Waals surface area contributed by atoms with Crippen molar-refractivity contribution in [3.63, 3.8) is 0 Å². The van der Waals surface area contributed by atoms with E-state index < -0.39 is 47.9 Å². The van der Waals surface area contributed by atoms with Crippen molar-refractivity contribution in [2.75, 3.05) is 19.6 Å². The quantitative estimate of drug-likeness (QED) is 0.596. The van der Waals surface area contributed by atoms with Gasteiger partial charge in [-0.2, -0.15) is 0 Å². The third-order valence-corrected chi connectivity index (χ3v) is 6.85. The lowest BCUT2D eigenvalue weighted by Crippen LogP contribution is -2.57. The predicted octanol–water partition coefficient (Wildman–Crippen LogP) is 2.54. The lowest BCUT2D eigenvalue weighted by molar-refractivity contribution is -0.139. The molecular weight excluding hydrogens is 477 g/mol. The second-order valence-electron chi connectivity index (χ2n) is 9.99. The minimum Gasteiger partial charge on any atom is -0.342 e. The smallest absolute Gasteiger partial charge is 0.324 e. The van der Waals surface area contributed by atoms with E-state index in [-0.39, 0.29) is 26.1 Å². The summed E-state index contributed by atoms with van der Waals surface area (Å²) < 4.78 is 14.5. The van der Waals surface area contributed by atoms with Crippen LogP contribution in [0.5, 0.6) is 0 Å². The minimum absolute atomic E-state index is 0.0777. The highest BCUT2D eigenvalue weighted by Crippen LogP contribution is 2.26. The van der Waals surface area contributed by atoms with E-state index in [0.717, 1.165) is 11.1 Å². The second-order valence-corrected chi connectivity index (χ2v) is 9.99. The van der Waals surface area contributed by atoms with Crippen molar-refractivity contribution in [2.24, 2.45) is 5.92 Å². The highest BCUT2D eigenvalue weighted by Gasteiger charge is 2.42. The summed E-state index contributed by atoms with van der Waals surface area (Å²) >= 11 is 0. The van der Waals surface area contributed by atoms with Crippen LogP contribution in [0.1, 0.15) is 56.0 Å². The average molecular weight is 510 g/mol. The number of likely N-dealkylation sites (tertiary alicyclic amines) is 1. The van der Waals surface area contributed by atoms with Gasteiger partial charge in [0.2, 0.25) is 17.7 Å². The first-order chi connectivity index (χ1) is 17.6. The zero-order valence-corrected chi connectivity index (χ0v) is 21.2. The SMILES string of the molecule is CC1CN(CC(=O)N2C[C@H](F)C[C@H]2C(=O)N[C@@H](c2ccccc2)c2ccc(C(C)C)cn2)C(=O)NC1=O. The molecule has 0 radical (unpaired) electrons. The van der Waals surface area contributed by atoms with Crippen LogP contribution in [0.3, 0.4) is 0 Å². The van der Waals surface area contributed by atoms with E-state index in [0.29, 0.717) is 11.6 Å². The van der Waals surface area contributed by atoms with Gasteiger partial charge in [-0.3, -0.25) is 24.7 Å². The highest BCUT2D eigenvalue weighted by atomic mass is 19.1. The van der Waals surface area contributed by atoms with E-state index in [9.17, 15) is 23.6 Å². The van der Waals surface area contributed by atoms with Crippen LogP contribution in [0.4, 0.5) is 9.18 Å². The van der Waals surface area contributed by atoms with E-state index in [1.165, 1.54) is 9.80 Å². The Labute approximate surface area is 215 Å². The fourth-order valence-corrected chi connectivity index (χ4v) is 4.64. The number of pyridine rings is 1. The van der Waals surface area contributed by atoms with Gasteiger partial charge >= 0.3 is 6.03 Å². The maximum atomic E-state index is 14.5. The number of nitrogens with zero attached hydrogens (tertiary/aromatic N) is 3. The first kappa shape index (κ1) is 26.2. The number of carbonyl (C=O) groups is 4. The summed E-state index contributed by atoms with van der Waals surface area (Å²) in [5.41, 5.74) is 2.49. The van der Waals surface area contributed by atoms with E-state index >= 15 is 0 Å². The molecule has 9 nitrogen and oxygen atoms in total. The van der Waals surface area contributed by atoms with Crippen LogP contribution in [0.15, 0.2) is 48.7 Å². The normalized spacial score (nSPS) is 22.7. The van der Waals surface area contributed by atoms with Crippen molar-refractivity contribution in [2.45, 2.75) is 51.4 Å². The summed E-state index contributed by atoms with van der Waals surface area (Å²) in [4.78, 5) is 57.4. The van der Waals surface area contributed by atoms with Gasteiger partial charge in [0.15, 0.2) is 0 Å². The number of rotatable bonds is 7. The van der Waals surface area contributed by atoms with Crippen LogP contribution in [0.25, 0.3) is 0 Å².